The quantitative estimate of drug-likeness (QED) is 0.435. The Bertz CT molecular complexity index is 1380. The molecule has 4 aromatic rings. The average Bonchev–Trinajstić information content (AvgIpc) is 3.21. The van der Waals surface area contributed by atoms with Crippen LogP contribution in [0.1, 0.15) is 16.1 Å². The standard InChI is InChI=1S/C22H16F3N3O4S/c23-22(24,25)32-16-2-1-3-18(11-16)33(30,31)17-6-4-14(5-7-17)12-27-21(29)20-10-15-13-26-9-8-19(15)28-20/h1-11,13,28H,12H2,(H,27,29). The van der Waals surface area contributed by atoms with Crippen molar-refractivity contribution in [3.8, 4) is 5.75 Å². The van der Waals surface area contributed by atoms with E-state index in [1.165, 1.54) is 30.3 Å². The predicted octanol–water partition coefficient (Wildman–Crippen LogP) is 4.22. The Labute approximate surface area is 186 Å². The summed E-state index contributed by atoms with van der Waals surface area (Å²) in [6.07, 6.45) is -1.69. The fraction of sp³-hybridized carbons (Fsp3) is 0.0909. The van der Waals surface area contributed by atoms with Crippen LogP contribution in [0.25, 0.3) is 10.9 Å². The number of sulfone groups is 1. The van der Waals surface area contributed by atoms with Crippen molar-refractivity contribution >= 4 is 26.6 Å². The van der Waals surface area contributed by atoms with Crippen LogP contribution in [0.3, 0.4) is 0 Å². The second-order valence-corrected chi connectivity index (χ2v) is 8.95. The van der Waals surface area contributed by atoms with E-state index in [0.29, 0.717) is 11.3 Å². The van der Waals surface area contributed by atoms with Gasteiger partial charge in [0.05, 0.1) is 9.79 Å². The Morgan fingerprint density at radius 3 is 2.48 bits per heavy atom. The number of aromatic nitrogens is 2. The van der Waals surface area contributed by atoms with Gasteiger partial charge in [-0.15, -0.1) is 13.2 Å². The number of alkyl halides is 3. The molecule has 2 N–H and O–H groups in total. The third-order valence-corrected chi connectivity index (χ3v) is 6.47. The Morgan fingerprint density at radius 1 is 1.03 bits per heavy atom. The van der Waals surface area contributed by atoms with E-state index in [1.807, 2.05) is 0 Å². The number of carbonyl (C=O) groups is 1. The Morgan fingerprint density at radius 2 is 1.79 bits per heavy atom. The number of rotatable bonds is 6. The van der Waals surface area contributed by atoms with Crippen LogP contribution in [0, 0.1) is 0 Å². The van der Waals surface area contributed by atoms with Gasteiger partial charge < -0.3 is 15.0 Å². The van der Waals surface area contributed by atoms with Gasteiger partial charge in [0.25, 0.3) is 5.91 Å². The van der Waals surface area contributed by atoms with Gasteiger partial charge in [0.15, 0.2) is 0 Å². The molecule has 2 aromatic carbocycles. The predicted molar refractivity (Wildman–Crippen MR) is 112 cm³/mol. The normalized spacial score (nSPS) is 12.0. The van der Waals surface area contributed by atoms with Crippen molar-refractivity contribution in [2.45, 2.75) is 22.7 Å². The molecule has 0 unspecified atom stereocenters. The largest absolute Gasteiger partial charge is 0.573 e. The van der Waals surface area contributed by atoms with Crippen LogP contribution in [-0.4, -0.2) is 30.7 Å². The first-order valence-corrected chi connectivity index (χ1v) is 11.0. The van der Waals surface area contributed by atoms with E-state index >= 15 is 0 Å². The maximum atomic E-state index is 12.8. The molecule has 2 aromatic heterocycles. The number of ether oxygens (including phenoxy) is 1. The molecule has 0 radical (unpaired) electrons. The van der Waals surface area contributed by atoms with Crippen LogP contribution in [0.4, 0.5) is 13.2 Å². The van der Waals surface area contributed by atoms with Gasteiger partial charge in [-0.2, -0.15) is 0 Å². The molecule has 0 fully saturated rings. The van der Waals surface area contributed by atoms with E-state index in [-0.39, 0.29) is 22.2 Å². The minimum atomic E-state index is -4.93. The summed E-state index contributed by atoms with van der Waals surface area (Å²) in [6.45, 7) is 0.141. The summed E-state index contributed by atoms with van der Waals surface area (Å²) in [5, 5.41) is 3.53. The summed E-state index contributed by atoms with van der Waals surface area (Å²) in [5.74, 6) is -0.972. The summed E-state index contributed by atoms with van der Waals surface area (Å²) in [6, 6.07) is 13.3. The lowest BCUT2D eigenvalue weighted by atomic mass is 10.2. The van der Waals surface area contributed by atoms with Crippen molar-refractivity contribution in [2.24, 2.45) is 0 Å². The van der Waals surface area contributed by atoms with E-state index in [4.69, 9.17) is 0 Å². The number of pyridine rings is 1. The second-order valence-electron chi connectivity index (χ2n) is 7.00. The van der Waals surface area contributed by atoms with Crippen LogP contribution in [-0.2, 0) is 16.4 Å². The van der Waals surface area contributed by atoms with Crippen LogP contribution < -0.4 is 10.1 Å². The third kappa shape index (κ3) is 5.14. The highest BCUT2D eigenvalue weighted by Crippen LogP contribution is 2.28. The lowest BCUT2D eigenvalue weighted by molar-refractivity contribution is -0.274. The minimum Gasteiger partial charge on any atom is -0.406 e. The third-order valence-electron chi connectivity index (χ3n) is 4.70. The lowest BCUT2D eigenvalue weighted by Crippen LogP contribution is -2.23. The van der Waals surface area contributed by atoms with Gasteiger partial charge in [-0.05, 0) is 48.0 Å². The van der Waals surface area contributed by atoms with Crippen molar-refractivity contribution in [3.05, 3.63) is 84.3 Å². The molecule has 4 rings (SSSR count). The van der Waals surface area contributed by atoms with Crippen LogP contribution in [0.15, 0.2) is 82.8 Å². The fourth-order valence-corrected chi connectivity index (χ4v) is 4.43. The fourth-order valence-electron chi connectivity index (χ4n) is 3.13. The van der Waals surface area contributed by atoms with Crippen molar-refractivity contribution in [1.29, 1.82) is 0 Å². The number of halogens is 3. The van der Waals surface area contributed by atoms with E-state index < -0.39 is 21.9 Å². The van der Waals surface area contributed by atoms with Crippen molar-refractivity contribution in [3.63, 3.8) is 0 Å². The number of aromatic amines is 1. The van der Waals surface area contributed by atoms with E-state index in [9.17, 15) is 26.4 Å². The van der Waals surface area contributed by atoms with Crippen molar-refractivity contribution in [1.82, 2.24) is 15.3 Å². The Hall–Kier alpha value is -3.86. The van der Waals surface area contributed by atoms with Gasteiger partial charge in [0.2, 0.25) is 9.84 Å². The number of H-pyrrole nitrogens is 1. The molecule has 0 saturated heterocycles. The first-order chi connectivity index (χ1) is 15.6. The number of fused-ring (bicyclic) bond motifs is 1. The van der Waals surface area contributed by atoms with Gasteiger partial charge >= 0.3 is 6.36 Å². The number of benzene rings is 2. The molecule has 0 aliphatic carbocycles. The monoisotopic (exact) mass is 475 g/mol. The van der Waals surface area contributed by atoms with Crippen molar-refractivity contribution in [2.75, 3.05) is 0 Å². The molecule has 2 heterocycles. The van der Waals surface area contributed by atoms with Crippen LogP contribution in [0.2, 0.25) is 0 Å². The molecule has 170 valence electrons. The molecule has 33 heavy (non-hydrogen) atoms. The SMILES string of the molecule is O=C(NCc1ccc(S(=O)(=O)c2cccc(OC(F)(F)F)c2)cc1)c1cc2cnccc2[nH]1. The highest BCUT2D eigenvalue weighted by molar-refractivity contribution is 7.91. The van der Waals surface area contributed by atoms with Crippen molar-refractivity contribution < 1.29 is 31.1 Å². The summed E-state index contributed by atoms with van der Waals surface area (Å²) >= 11 is 0. The summed E-state index contributed by atoms with van der Waals surface area (Å²) < 4.78 is 66.6. The molecule has 0 aliphatic rings. The maximum absolute atomic E-state index is 12.8. The average molecular weight is 475 g/mol. The highest BCUT2D eigenvalue weighted by Gasteiger charge is 2.31. The number of hydrogen-bond acceptors (Lipinski definition) is 5. The number of nitrogens with one attached hydrogen (secondary N) is 2. The zero-order chi connectivity index (χ0) is 23.6. The highest BCUT2D eigenvalue weighted by atomic mass is 32.2. The molecule has 0 bridgehead atoms. The maximum Gasteiger partial charge on any atom is 0.573 e. The zero-order valence-electron chi connectivity index (χ0n) is 16.8. The number of nitrogens with zero attached hydrogens (tertiary/aromatic N) is 1. The molecule has 1 amide bonds. The lowest BCUT2D eigenvalue weighted by Gasteiger charge is -2.11. The topological polar surface area (TPSA) is 101 Å². The first-order valence-electron chi connectivity index (χ1n) is 9.53. The van der Waals surface area contributed by atoms with E-state index in [2.05, 4.69) is 20.0 Å². The molecular weight excluding hydrogens is 459 g/mol. The number of amides is 1. The molecule has 7 nitrogen and oxygen atoms in total. The Kier molecular flexibility index (Phi) is 5.81. The number of hydrogen-bond donors (Lipinski definition) is 2. The summed E-state index contributed by atoms with van der Waals surface area (Å²) in [5.41, 5.74) is 1.77. The first kappa shape index (κ1) is 22.3. The summed E-state index contributed by atoms with van der Waals surface area (Å²) in [4.78, 5) is 18.9. The minimum absolute atomic E-state index is 0.107. The molecule has 0 aliphatic heterocycles. The van der Waals surface area contributed by atoms with Gasteiger partial charge in [-0.25, -0.2) is 8.42 Å². The number of carbonyl (C=O) groups excluding carboxylic acids is 1. The smallest absolute Gasteiger partial charge is 0.406 e. The summed E-state index contributed by atoms with van der Waals surface area (Å²) in [7, 11) is -4.07. The van der Waals surface area contributed by atoms with Gasteiger partial charge in [0.1, 0.15) is 11.4 Å². The molecule has 0 atom stereocenters. The van der Waals surface area contributed by atoms with E-state index in [1.54, 1.807) is 24.5 Å². The molecular formula is C22H16F3N3O4S. The molecule has 11 heteroatoms. The van der Waals surface area contributed by atoms with Gasteiger partial charge in [0, 0.05) is 29.8 Å². The van der Waals surface area contributed by atoms with Crippen LogP contribution in [0.5, 0.6) is 5.75 Å². The Balaban J connectivity index is 1.45. The van der Waals surface area contributed by atoms with E-state index in [0.717, 1.165) is 29.1 Å². The zero-order valence-corrected chi connectivity index (χ0v) is 17.6. The second kappa shape index (κ2) is 8.58. The van der Waals surface area contributed by atoms with Crippen LogP contribution >= 0.6 is 0 Å². The molecule has 0 saturated carbocycles. The van der Waals surface area contributed by atoms with Gasteiger partial charge in [-0.3, -0.25) is 9.78 Å². The van der Waals surface area contributed by atoms with Gasteiger partial charge in [-0.1, -0.05) is 18.2 Å². The molecule has 0 spiro atoms.